The van der Waals surface area contributed by atoms with E-state index in [0.717, 1.165) is 21.9 Å². The number of sulfonamides is 1. The molecular weight excluding hydrogens is 482 g/mol. The number of carbonyl (C=O) groups excluding carboxylic acids is 1. The smallest absolute Gasteiger partial charge is 0.264 e. The number of hydrogen-bond donors (Lipinski definition) is 1. The highest BCUT2D eigenvalue weighted by atomic mass is 35.5. The van der Waals surface area contributed by atoms with E-state index < -0.39 is 22.5 Å². The van der Waals surface area contributed by atoms with Crippen LogP contribution in [0.25, 0.3) is 0 Å². The average Bonchev–Trinajstić information content (AvgIpc) is 2.87. The number of benzene rings is 3. The van der Waals surface area contributed by atoms with Crippen molar-refractivity contribution in [1.29, 1.82) is 0 Å². The highest BCUT2D eigenvalue weighted by Crippen LogP contribution is 2.31. The monoisotopic (exact) mass is 505 g/mol. The van der Waals surface area contributed by atoms with Crippen molar-refractivity contribution in [3.05, 3.63) is 119 Å². The third-order valence-electron chi connectivity index (χ3n) is 5.52. The molecule has 0 bridgehead atoms. The average molecular weight is 506 g/mol. The van der Waals surface area contributed by atoms with Crippen molar-refractivity contribution in [1.82, 2.24) is 4.98 Å². The van der Waals surface area contributed by atoms with Gasteiger partial charge in [-0.2, -0.15) is 0 Å². The van der Waals surface area contributed by atoms with Gasteiger partial charge in [-0.15, -0.1) is 0 Å². The summed E-state index contributed by atoms with van der Waals surface area (Å²) in [6, 6.07) is 24.4. The molecule has 3 aromatic carbocycles. The van der Waals surface area contributed by atoms with Crippen LogP contribution in [0.3, 0.4) is 0 Å². The zero-order chi connectivity index (χ0) is 24.8. The van der Waals surface area contributed by atoms with Gasteiger partial charge in [0.05, 0.1) is 10.6 Å². The van der Waals surface area contributed by atoms with Gasteiger partial charge >= 0.3 is 0 Å². The second-order valence-corrected chi connectivity index (χ2v) is 10.3. The molecule has 4 aromatic rings. The number of rotatable bonds is 8. The van der Waals surface area contributed by atoms with Crippen LogP contribution in [-0.2, 0) is 21.2 Å². The summed E-state index contributed by atoms with van der Waals surface area (Å²) in [6.45, 7) is 1.32. The van der Waals surface area contributed by atoms with Gasteiger partial charge in [-0.3, -0.25) is 14.1 Å². The fraction of sp³-hybridized carbons (Fsp3) is 0.111. The van der Waals surface area contributed by atoms with Gasteiger partial charge in [-0.1, -0.05) is 48.0 Å². The van der Waals surface area contributed by atoms with E-state index in [1.165, 1.54) is 12.1 Å². The molecule has 0 saturated heterocycles. The maximum Gasteiger partial charge on any atom is 0.264 e. The molecule has 0 spiro atoms. The minimum absolute atomic E-state index is 0.0904. The summed E-state index contributed by atoms with van der Waals surface area (Å²) in [4.78, 5) is 17.1. The van der Waals surface area contributed by atoms with E-state index in [2.05, 4.69) is 10.3 Å². The van der Waals surface area contributed by atoms with Gasteiger partial charge in [0.15, 0.2) is 0 Å². The van der Waals surface area contributed by atoms with Crippen molar-refractivity contribution in [3.8, 4) is 0 Å². The Balaban J connectivity index is 1.55. The Morgan fingerprint density at radius 2 is 1.54 bits per heavy atom. The van der Waals surface area contributed by atoms with Gasteiger partial charge < -0.3 is 5.32 Å². The number of carbonyl (C=O) groups is 1. The summed E-state index contributed by atoms with van der Waals surface area (Å²) < 4.78 is 28.1. The van der Waals surface area contributed by atoms with Gasteiger partial charge in [-0.05, 0) is 78.6 Å². The Labute approximate surface area is 210 Å². The van der Waals surface area contributed by atoms with Crippen LogP contribution in [0.15, 0.2) is 102 Å². The lowest BCUT2D eigenvalue weighted by Crippen LogP contribution is -2.38. The zero-order valence-electron chi connectivity index (χ0n) is 19.1. The molecule has 0 saturated carbocycles. The third-order valence-corrected chi connectivity index (χ3v) is 7.70. The fourth-order valence-corrected chi connectivity index (χ4v) is 5.33. The minimum Gasteiger partial charge on any atom is -0.325 e. The van der Waals surface area contributed by atoms with Crippen LogP contribution in [0.2, 0.25) is 5.02 Å². The lowest BCUT2D eigenvalue weighted by atomic mass is 10.1. The van der Waals surface area contributed by atoms with Gasteiger partial charge in [0.25, 0.3) is 10.0 Å². The van der Waals surface area contributed by atoms with E-state index in [0.29, 0.717) is 22.0 Å². The van der Waals surface area contributed by atoms with Crippen LogP contribution >= 0.6 is 11.6 Å². The number of nitrogens with zero attached hydrogens (tertiary/aromatic N) is 2. The van der Waals surface area contributed by atoms with Crippen molar-refractivity contribution in [2.24, 2.45) is 0 Å². The lowest BCUT2D eigenvalue weighted by Gasteiger charge is -2.26. The first-order valence-electron chi connectivity index (χ1n) is 11.0. The molecule has 0 aliphatic carbocycles. The standard InChI is InChI=1S/C27H24ClN3O3S/c1-20-25(28)8-5-9-26(20)31(35(33,34)24-6-3-2-4-7-24)19-27(32)30-23-12-10-21(11-13-23)18-22-14-16-29-17-15-22/h2-17H,18-19H2,1H3,(H,30,32). The Hall–Kier alpha value is -3.68. The number of hydrogen-bond acceptors (Lipinski definition) is 4. The summed E-state index contributed by atoms with van der Waals surface area (Å²) in [5.74, 6) is -0.467. The summed E-state index contributed by atoms with van der Waals surface area (Å²) in [6.07, 6.45) is 4.25. The lowest BCUT2D eigenvalue weighted by molar-refractivity contribution is -0.114. The molecule has 35 heavy (non-hydrogen) atoms. The molecule has 4 rings (SSSR count). The van der Waals surface area contributed by atoms with E-state index in [1.54, 1.807) is 67.8 Å². The van der Waals surface area contributed by atoms with E-state index in [9.17, 15) is 13.2 Å². The molecule has 1 heterocycles. The molecule has 0 aliphatic heterocycles. The van der Waals surface area contributed by atoms with Crippen LogP contribution in [0.1, 0.15) is 16.7 Å². The fourth-order valence-electron chi connectivity index (χ4n) is 3.66. The van der Waals surface area contributed by atoms with Gasteiger partial charge in [0.2, 0.25) is 5.91 Å². The number of halogens is 1. The highest BCUT2D eigenvalue weighted by molar-refractivity contribution is 7.92. The normalized spacial score (nSPS) is 11.1. The maximum absolute atomic E-state index is 13.5. The van der Waals surface area contributed by atoms with Crippen LogP contribution in [-0.4, -0.2) is 25.9 Å². The van der Waals surface area contributed by atoms with Crippen LogP contribution < -0.4 is 9.62 Å². The second-order valence-electron chi connectivity index (χ2n) is 7.99. The number of nitrogens with one attached hydrogen (secondary N) is 1. The first kappa shape index (κ1) is 24.4. The van der Waals surface area contributed by atoms with Gasteiger partial charge in [0.1, 0.15) is 6.54 Å². The number of pyridine rings is 1. The quantitative estimate of drug-likeness (QED) is 0.344. The maximum atomic E-state index is 13.5. The van der Waals surface area contributed by atoms with Crippen molar-refractivity contribution < 1.29 is 13.2 Å². The summed E-state index contributed by atoms with van der Waals surface area (Å²) in [5.41, 5.74) is 3.71. The van der Waals surface area contributed by atoms with E-state index in [1.807, 2.05) is 24.3 Å². The summed E-state index contributed by atoms with van der Waals surface area (Å²) >= 11 is 6.27. The zero-order valence-corrected chi connectivity index (χ0v) is 20.6. The molecule has 1 amide bonds. The van der Waals surface area contributed by atoms with Crippen molar-refractivity contribution in [2.45, 2.75) is 18.2 Å². The van der Waals surface area contributed by atoms with Crippen molar-refractivity contribution in [2.75, 3.05) is 16.2 Å². The minimum atomic E-state index is -4.01. The van der Waals surface area contributed by atoms with E-state index in [-0.39, 0.29) is 4.90 Å². The topological polar surface area (TPSA) is 79.4 Å². The predicted molar refractivity (Wildman–Crippen MR) is 139 cm³/mol. The number of aromatic nitrogens is 1. The molecule has 6 nitrogen and oxygen atoms in total. The Kier molecular flexibility index (Phi) is 7.48. The Morgan fingerprint density at radius 3 is 2.23 bits per heavy atom. The molecule has 1 aromatic heterocycles. The molecule has 0 unspecified atom stereocenters. The Bertz CT molecular complexity index is 1410. The van der Waals surface area contributed by atoms with Gasteiger partial charge in [-0.25, -0.2) is 8.42 Å². The molecule has 0 atom stereocenters. The molecule has 178 valence electrons. The van der Waals surface area contributed by atoms with E-state index in [4.69, 9.17) is 11.6 Å². The summed E-state index contributed by atoms with van der Waals surface area (Å²) in [7, 11) is -4.01. The number of amides is 1. The Morgan fingerprint density at radius 1 is 0.886 bits per heavy atom. The van der Waals surface area contributed by atoms with Crippen LogP contribution in [0.4, 0.5) is 11.4 Å². The molecule has 0 fully saturated rings. The molecule has 0 aliphatic rings. The van der Waals surface area contributed by atoms with Crippen molar-refractivity contribution in [3.63, 3.8) is 0 Å². The highest BCUT2D eigenvalue weighted by Gasteiger charge is 2.28. The largest absolute Gasteiger partial charge is 0.325 e. The first-order chi connectivity index (χ1) is 16.8. The van der Waals surface area contributed by atoms with Gasteiger partial charge in [0, 0.05) is 23.1 Å². The van der Waals surface area contributed by atoms with Crippen LogP contribution in [0, 0.1) is 6.92 Å². The third kappa shape index (κ3) is 5.88. The van der Waals surface area contributed by atoms with Crippen molar-refractivity contribution >= 4 is 38.9 Å². The SMILES string of the molecule is Cc1c(Cl)cccc1N(CC(=O)Nc1ccc(Cc2ccncc2)cc1)S(=O)(=O)c1ccccc1. The predicted octanol–water partition coefficient (Wildman–Crippen LogP) is 5.47. The molecule has 1 N–H and O–H groups in total. The summed E-state index contributed by atoms with van der Waals surface area (Å²) in [5, 5.41) is 3.22. The molecule has 0 radical (unpaired) electrons. The van der Waals surface area contributed by atoms with E-state index >= 15 is 0 Å². The van der Waals surface area contributed by atoms with Crippen LogP contribution in [0.5, 0.6) is 0 Å². The number of anilines is 2. The first-order valence-corrected chi connectivity index (χ1v) is 12.8. The second kappa shape index (κ2) is 10.7. The molecular formula is C27H24ClN3O3S. The molecule has 8 heteroatoms.